The maximum Gasteiger partial charge on any atom is 0.305 e. The van der Waals surface area contributed by atoms with E-state index in [9.17, 15) is 4.79 Å². The van der Waals surface area contributed by atoms with Crippen molar-refractivity contribution in [3.8, 4) is 0 Å². The third kappa shape index (κ3) is 6.58. The van der Waals surface area contributed by atoms with Gasteiger partial charge in [-0.1, -0.05) is 20.8 Å². The summed E-state index contributed by atoms with van der Waals surface area (Å²) in [4.78, 5) is 10.9. The van der Waals surface area contributed by atoms with E-state index in [-0.39, 0.29) is 12.1 Å². The Morgan fingerprint density at radius 2 is 2.00 bits per heavy atom. The molecule has 13 heavy (non-hydrogen) atoms. The zero-order valence-electron chi connectivity index (χ0n) is 8.84. The lowest BCUT2D eigenvalue weighted by molar-refractivity contribution is -0.151. The molecule has 0 aromatic rings. The molecule has 0 amide bonds. The first-order valence-corrected chi connectivity index (χ1v) is 5.01. The van der Waals surface area contributed by atoms with Gasteiger partial charge < -0.3 is 9.47 Å². The maximum atomic E-state index is 10.9. The monoisotopic (exact) mass is 188 g/mol. The van der Waals surface area contributed by atoms with Gasteiger partial charge in [0.1, 0.15) is 6.10 Å². The highest BCUT2D eigenvalue weighted by atomic mass is 16.6. The molecule has 1 atom stereocenters. The maximum absolute atomic E-state index is 10.9. The molecule has 0 aromatic carbocycles. The largest absolute Gasteiger partial charge is 0.460 e. The van der Waals surface area contributed by atoms with E-state index in [1.807, 2.05) is 6.92 Å². The molecule has 0 rings (SSSR count). The predicted octanol–water partition coefficient (Wildman–Crippen LogP) is 2.14. The van der Waals surface area contributed by atoms with Crippen molar-refractivity contribution in [3.63, 3.8) is 0 Å². The second-order valence-corrected chi connectivity index (χ2v) is 2.95. The molecule has 0 bridgehead atoms. The molecule has 1 unspecified atom stereocenters. The van der Waals surface area contributed by atoms with E-state index in [1.165, 1.54) is 0 Å². The number of carbonyl (C=O) groups is 1. The van der Waals surface area contributed by atoms with Gasteiger partial charge in [-0.15, -0.1) is 0 Å². The minimum absolute atomic E-state index is 0.0704. The minimum atomic E-state index is -0.146. The lowest BCUT2D eigenvalue weighted by Gasteiger charge is -2.15. The lowest BCUT2D eigenvalue weighted by atomic mass is 10.3. The molecule has 3 nitrogen and oxygen atoms in total. The number of ether oxygens (including phenoxy) is 2. The van der Waals surface area contributed by atoms with Crippen molar-refractivity contribution in [2.45, 2.75) is 46.1 Å². The van der Waals surface area contributed by atoms with Crippen LogP contribution in [0, 0.1) is 0 Å². The smallest absolute Gasteiger partial charge is 0.305 e. The molecule has 3 heteroatoms. The first kappa shape index (κ1) is 12.4. The molecule has 0 aliphatic heterocycles. The van der Waals surface area contributed by atoms with Crippen LogP contribution in [-0.4, -0.2) is 25.3 Å². The zero-order valence-corrected chi connectivity index (χ0v) is 8.84. The molecule has 78 valence electrons. The van der Waals surface area contributed by atoms with E-state index in [2.05, 4.69) is 6.92 Å². The van der Waals surface area contributed by atoms with Gasteiger partial charge in [-0.3, -0.25) is 4.79 Å². The first-order valence-electron chi connectivity index (χ1n) is 5.01. The van der Waals surface area contributed by atoms with Crippen LogP contribution in [0.5, 0.6) is 0 Å². The summed E-state index contributed by atoms with van der Waals surface area (Å²) in [6.45, 7) is 7.10. The summed E-state index contributed by atoms with van der Waals surface area (Å²) in [6.07, 6.45) is 2.18. The molecular formula is C10H20O3. The van der Waals surface area contributed by atoms with E-state index in [4.69, 9.17) is 9.47 Å². The van der Waals surface area contributed by atoms with Gasteiger partial charge in [-0.25, -0.2) is 0 Å². The molecule has 0 spiro atoms. The van der Waals surface area contributed by atoms with Gasteiger partial charge in [0.05, 0.1) is 6.61 Å². The van der Waals surface area contributed by atoms with Gasteiger partial charge in [-0.2, -0.15) is 0 Å². The van der Waals surface area contributed by atoms with E-state index >= 15 is 0 Å². The fourth-order valence-electron chi connectivity index (χ4n) is 0.864. The van der Waals surface area contributed by atoms with Crippen LogP contribution in [0.25, 0.3) is 0 Å². The third-order valence-corrected chi connectivity index (χ3v) is 1.69. The first-order chi connectivity index (χ1) is 6.24. The van der Waals surface area contributed by atoms with Crippen molar-refractivity contribution in [1.82, 2.24) is 0 Å². The molecule has 0 saturated carbocycles. The van der Waals surface area contributed by atoms with Gasteiger partial charge >= 0.3 is 5.97 Å². The molecule has 0 aromatic heterocycles. The molecule has 0 saturated heterocycles. The lowest BCUT2D eigenvalue weighted by Crippen LogP contribution is -2.22. The Kier molecular flexibility index (Phi) is 7.69. The highest BCUT2D eigenvalue weighted by molar-refractivity contribution is 5.69. The molecule has 0 N–H and O–H groups in total. The number of hydrogen-bond acceptors (Lipinski definition) is 3. The van der Waals surface area contributed by atoms with Crippen LogP contribution in [0.3, 0.4) is 0 Å². The Labute approximate surface area is 80.4 Å². The molecule has 0 radical (unpaired) electrons. The van der Waals surface area contributed by atoms with E-state index < -0.39 is 0 Å². The van der Waals surface area contributed by atoms with Gasteiger partial charge in [0.25, 0.3) is 0 Å². The number of esters is 1. The zero-order chi connectivity index (χ0) is 10.1. The summed E-state index contributed by atoms with van der Waals surface area (Å²) in [5.74, 6) is -0.146. The Bertz CT molecular complexity index is 134. The second-order valence-electron chi connectivity index (χ2n) is 2.95. The highest BCUT2D eigenvalue weighted by Gasteiger charge is 2.10. The summed E-state index contributed by atoms with van der Waals surface area (Å²) < 4.78 is 10.4. The quantitative estimate of drug-likeness (QED) is 0.453. The van der Waals surface area contributed by atoms with Gasteiger partial charge in [0.2, 0.25) is 0 Å². The topological polar surface area (TPSA) is 35.5 Å². The molecule has 0 heterocycles. The number of carbonyl (C=O) groups excluding carboxylic acids is 1. The van der Waals surface area contributed by atoms with Crippen molar-refractivity contribution in [1.29, 1.82) is 0 Å². The van der Waals surface area contributed by atoms with Crippen LogP contribution in [-0.2, 0) is 14.3 Å². The van der Waals surface area contributed by atoms with E-state index in [0.717, 1.165) is 19.4 Å². The van der Waals surface area contributed by atoms with Gasteiger partial charge in [0, 0.05) is 13.0 Å². The normalized spacial score (nSPS) is 12.5. The average Bonchev–Trinajstić information content (AvgIpc) is 2.16. The third-order valence-electron chi connectivity index (χ3n) is 1.69. The Morgan fingerprint density at radius 1 is 1.31 bits per heavy atom. The fraction of sp³-hybridized carbons (Fsp3) is 0.900. The van der Waals surface area contributed by atoms with Gasteiger partial charge in [-0.05, 0) is 12.8 Å². The predicted molar refractivity (Wildman–Crippen MR) is 51.6 cm³/mol. The minimum Gasteiger partial charge on any atom is -0.460 e. The molecule has 0 aliphatic carbocycles. The van der Waals surface area contributed by atoms with Crippen LogP contribution in [0.15, 0.2) is 0 Å². The fourth-order valence-corrected chi connectivity index (χ4v) is 0.864. The van der Waals surface area contributed by atoms with Crippen molar-refractivity contribution in [2.75, 3.05) is 13.2 Å². The Hall–Kier alpha value is -0.570. The average molecular weight is 188 g/mol. The van der Waals surface area contributed by atoms with Crippen LogP contribution < -0.4 is 0 Å². The van der Waals surface area contributed by atoms with Crippen molar-refractivity contribution in [2.24, 2.45) is 0 Å². The molecule has 0 aliphatic rings. The molecule has 0 fully saturated rings. The van der Waals surface area contributed by atoms with Crippen LogP contribution in [0.1, 0.15) is 40.0 Å². The second kappa shape index (κ2) is 8.05. The Morgan fingerprint density at radius 3 is 2.46 bits per heavy atom. The summed E-state index contributed by atoms with van der Waals surface area (Å²) in [6, 6.07) is 0. The van der Waals surface area contributed by atoms with Crippen LogP contribution >= 0.6 is 0 Å². The Balaban J connectivity index is 3.56. The number of hydrogen-bond donors (Lipinski definition) is 0. The standard InChI is InChI=1S/C10H20O3/c1-4-7-12-8-9(5-2)13-10(11)6-3/h9H,4-8H2,1-3H3. The molecular weight excluding hydrogens is 168 g/mol. The van der Waals surface area contributed by atoms with E-state index in [1.54, 1.807) is 6.92 Å². The van der Waals surface area contributed by atoms with Crippen molar-refractivity contribution >= 4 is 5.97 Å². The van der Waals surface area contributed by atoms with Crippen LogP contribution in [0.4, 0.5) is 0 Å². The van der Waals surface area contributed by atoms with Crippen LogP contribution in [0.2, 0.25) is 0 Å². The number of rotatable bonds is 7. The summed E-state index contributed by atoms with van der Waals surface area (Å²) in [7, 11) is 0. The summed E-state index contributed by atoms with van der Waals surface area (Å²) in [5.41, 5.74) is 0. The van der Waals surface area contributed by atoms with E-state index in [0.29, 0.717) is 13.0 Å². The van der Waals surface area contributed by atoms with Crippen molar-refractivity contribution < 1.29 is 14.3 Å². The van der Waals surface area contributed by atoms with Gasteiger partial charge in [0.15, 0.2) is 0 Å². The van der Waals surface area contributed by atoms with Crippen molar-refractivity contribution in [3.05, 3.63) is 0 Å². The SMILES string of the molecule is CCCOCC(CC)OC(=O)CC. The summed E-state index contributed by atoms with van der Waals surface area (Å²) in [5, 5.41) is 0. The summed E-state index contributed by atoms with van der Waals surface area (Å²) >= 11 is 0. The highest BCUT2D eigenvalue weighted by Crippen LogP contribution is 2.01.